The first-order valence-electron chi connectivity index (χ1n) is 17.9. The van der Waals surface area contributed by atoms with Gasteiger partial charge in [-0.3, -0.25) is 20.9 Å². The molecule has 4 aliphatic carbocycles. The van der Waals surface area contributed by atoms with Gasteiger partial charge in [0.1, 0.15) is 0 Å². The molecule has 4 aliphatic rings. The van der Waals surface area contributed by atoms with Gasteiger partial charge in [0.15, 0.2) is 0 Å². The predicted molar refractivity (Wildman–Crippen MR) is 228 cm³/mol. The molecule has 286 valence electrons. The Labute approximate surface area is 352 Å². The number of hydrogen-bond acceptors (Lipinski definition) is 0. The summed E-state index contributed by atoms with van der Waals surface area (Å²) in [5, 5.41) is 0. The van der Waals surface area contributed by atoms with Crippen LogP contribution in [-0.4, -0.2) is 4.21 Å². The van der Waals surface area contributed by atoms with Crippen LogP contribution in [0.5, 0.6) is 0 Å². The first-order valence-corrected chi connectivity index (χ1v) is 19.7. The van der Waals surface area contributed by atoms with Crippen molar-refractivity contribution in [1.82, 2.24) is 0 Å². The van der Waals surface area contributed by atoms with Crippen molar-refractivity contribution >= 4 is 40.2 Å². The molecule has 0 fully saturated rings. The van der Waals surface area contributed by atoms with Gasteiger partial charge >= 0.3 is 28.4 Å². The molecule has 0 radical (unpaired) electrons. The van der Waals surface area contributed by atoms with Gasteiger partial charge in [-0.2, -0.15) is 48.0 Å². The molecule has 0 aromatic heterocycles. The molecular formula is C49H54Cl2F2Zr-4. The Morgan fingerprint density at radius 2 is 1.22 bits per heavy atom. The summed E-state index contributed by atoms with van der Waals surface area (Å²) < 4.78 is 27.1. The predicted octanol–water partition coefficient (Wildman–Crippen LogP) is 13.9. The third kappa shape index (κ3) is 11.3. The van der Waals surface area contributed by atoms with E-state index in [4.69, 9.17) is 0 Å². The van der Waals surface area contributed by atoms with Crippen molar-refractivity contribution in [3.05, 3.63) is 166 Å². The Kier molecular flexibility index (Phi) is 16.8. The molecule has 0 aliphatic heterocycles. The van der Waals surface area contributed by atoms with Crippen LogP contribution in [0.1, 0.15) is 109 Å². The number of halogens is 4. The molecule has 0 nitrogen and oxygen atoms in total. The van der Waals surface area contributed by atoms with Crippen LogP contribution in [0.2, 0.25) is 0 Å². The maximum absolute atomic E-state index is 11.9. The molecule has 0 saturated carbocycles. The van der Waals surface area contributed by atoms with Gasteiger partial charge in [-0.25, -0.2) is 17.7 Å². The van der Waals surface area contributed by atoms with Gasteiger partial charge in [0.2, 0.25) is 0 Å². The van der Waals surface area contributed by atoms with E-state index in [1.165, 1.54) is 104 Å². The van der Waals surface area contributed by atoms with Gasteiger partial charge in [0.05, 0.1) is 0 Å². The fourth-order valence-corrected chi connectivity index (χ4v) is 7.03. The maximum atomic E-state index is 11.9. The van der Waals surface area contributed by atoms with Crippen LogP contribution in [0.3, 0.4) is 0 Å². The summed E-state index contributed by atoms with van der Waals surface area (Å²) >= 11 is 1.30. The van der Waals surface area contributed by atoms with Crippen molar-refractivity contribution in [2.45, 2.75) is 92.9 Å². The van der Waals surface area contributed by atoms with Crippen LogP contribution in [0.4, 0.5) is 8.78 Å². The molecule has 4 aromatic rings. The van der Waals surface area contributed by atoms with Crippen LogP contribution in [0.15, 0.2) is 97.1 Å². The Bertz CT molecular complexity index is 1840. The molecule has 5 heteroatoms. The molecule has 0 N–H and O–H groups in total. The van der Waals surface area contributed by atoms with E-state index >= 15 is 0 Å². The van der Waals surface area contributed by atoms with Crippen LogP contribution >= 0.6 is 24.8 Å². The third-order valence-electron chi connectivity index (χ3n) is 9.51. The number of benzene rings is 4. The minimum absolute atomic E-state index is 0. The summed E-state index contributed by atoms with van der Waals surface area (Å²) in [6.07, 6.45) is 17.4. The number of rotatable bonds is 0. The molecule has 0 spiro atoms. The Morgan fingerprint density at radius 1 is 0.704 bits per heavy atom. The molecule has 0 atom stereocenters. The van der Waals surface area contributed by atoms with Crippen LogP contribution in [0, 0.1) is 46.7 Å². The zero-order valence-electron chi connectivity index (χ0n) is 33.4. The summed E-state index contributed by atoms with van der Waals surface area (Å²) in [5.41, 5.74) is 14.9. The van der Waals surface area contributed by atoms with E-state index in [2.05, 4.69) is 134 Å². The molecule has 4 aromatic carbocycles. The molecule has 0 amide bonds. The van der Waals surface area contributed by atoms with Gasteiger partial charge in [-0.1, -0.05) is 92.9 Å². The van der Waals surface area contributed by atoms with Crippen molar-refractivity contribution in [3.63, 3.8) is 0 Å². The molecule has 0 heterocycles. The van der Waals surface area contributed by atoms with E-state index < -0.39 is 0 Å². The van der Waals surface area contributed by atoms with Crippen molar-refractivity contribution in [3.8, 4) is 11.1 Å². The Hall–Kier alpha value is -2.97. The molecule has 0 saturated heterocycles. The fraction of sp³-hybridized carbons (Fsp3) is 0.327. The molecule has 0 bridgehead atoms. The second-order valence-electron chi connectivity index (χ2n) is 16.6. The summed E-state index contributed by atoms with van der Waals surface area (Å²) in [6.45, 7) is 23.3. The van der Waals surface area contributed by atoms with Gasteiger partial charge in [0.25, 0.3) is 0 Å². The number of allylic oxidation sites excluding steroid dienone is 8. The van der Waals surface area contributed by atoms with Gasteiger partial charge in [-0.05, 0) is 62.3 Å². The van der Waals surface area contributed by atoms with E-state index in [1.807, 2.05) is 12.2 Å². The van der Waals surface area contributed by atoms with E-state index in [0.29, 0.717) is 0 Å². The van der Waals surface area contributed by atoms with Crippen molar-refractivity contribution in [1.29, 1.82) is 0 Å². The monoisotopic (exact) mass is 840 g/mol. The summed E-state index contributed by atoms with van der Waals surface area (Å²) in [5.74, 6) is -0.468. The molecule has 0 unspecified atom stereocenters. The van der Waals surface area contributed by atoms with Crippen LogP contribution in [0.25, 0.3) is 22.3 Å². The van der Waals surface area contributed by atoms with E-state index in [9.17, 15) is 8.78 Å². The molecule has 54 heavy (non-hydrogen) atoms. The summed E-state index contributed by atoms with van der Waals surface area (Å²) in [7, 11) is 0. The van der Waals surface area contributed by atoms with Crippen LogP contribution in [-0.2, 0) is 41.5 Å². The SMILES string of the molecule is CC(C)(C)C1=[C-]C(C)(C)c2cc3c(cc21)-c1cc2c(cc1C3)C(C)(C)C=C2C(C)(C)C.Cl.Cl.Fc1c[c-]ccc1.Fc1c[c-]ccc1.[C-]1=CC=CC1.[CH2]=[Zr]. The third-order valence-corrected chi connectivity index (χ3v) is 9.51. The second-order valence-corrected chi connectivity index (χ2v) is 16.6. The Balaban J connectivity index is 0.000000356. The van der Waals surface area contributed by atoms with Crippen LogP contribution < -0.4 is 0 Å². The normalized spacial score (nSPS) is 15.5. The zero-order chi connectivity index (χ0) is 38.5. The summed E-state index contributed by atoms with van der Waals surface area (Å²) in [6, 6.07) is 27.1. The quantitative estimate of drug-likeness (QED) is 0.136. The standard InChI is InChI=1S/C31H37.2C6H4F.C5H5.CH2.2ClH.Zr/c1-28(2,3)26-16-30(7,8)24-12-18-11-19-13-25-23(15-21(19)20(18)14-22(24)26)27(29(4,5)6)17-31(25,9)10;2*7-6-4-2-1-3-5-6;1-2-4-5-3-1;;;;/h12-16H,11H2,1-10H3;2*1-2,4-5H;1-3H,4H2;1H2;2*1H;/q4*-1;;;;. The number of fused-ring (bicyclic) bond motifs is 5. The minimum atomic E-state index is -0.234. The average Bonchev–Trinajstić information content (AvgIpc) is 3.87. The molecule has 8 rings (SSSR count). The average molecular weight is 843 g/mol. The topological polar surface area (TPSA) is 0 Å². The zero-order valence-corrected chi connectivity index (χ0v) is 37.5. The van der Waals surface area contributed by atoms with E-state index in [1.54, 1.807) is 24.3 Å². The number of hydrogen-bond donors (Lipinski definition) is 0. The van der Waals surface area contributed by atoms with Gasteiger partial charge in [0, 0.05) is 17.0 Å². The molecular weight excluding hydrogens is 789 g/mol. The van der Waals surface area contributed by atoms with Gasteiger partial charge in [-0.15, -0.1) is 67.1 Å². The van der Waals surface area contributed by atoms with E-state index in [0.717, 1.165) is 12.8 Å². The van der Waals surface area contributed by atoms with E-state index in [-0.39, 0.29) is 58.1 Å². The van der Waals surface area contributed by atoms with Crippen molar-refractivity contribution in [2.24, 2.45) is 10.8 Å². The van der Waals surface area contributed by atoms with Gasteiger partial charge < -0.3 is 0 Å². The second kappa shape index (κ2) is 19.3. The Morgan fingerprint density at radius 3 is 1.59 bits per heavy atom. The van der Waals surface area contributed by atoms with Crippen molar-refractivity contribution < 1.29 is 33.0 Å². The van der Waals surface area contributed by atoms with Crippen molar-refractivity contribution in [2.75, 3.05) is 0 Å². The first kappa shape index (κ1) is 47.2. The first-order chi connectivity index (χ1) is 24.4. The summed E-state index contributed by atoms with van der Waals surface area (Å²) in [4.78, 5) is 0. The fourth-order valence-electron chi connectivity index (χ4n) is 7.03.